The summed E-state index contributed by atoms with van der Waals surface area (Å²) in [6.07, 6.45) is -0.982. The molecule has 36 heavy (non-hydrogen) atoms. The van der Waals surface area contributed by atoms with Crippen molar-refractivity contribution < 1.29 is 29.2 Å². The second kappa shape index (κ2) is 8.10. The minimum atomic E-state index is -0.861. The minimum absolute atomic E-state index is 0.0615. The van der Waals surface area contributed by atoms with Crippen LogP contribution in [0.15, 0.2) is 41.5 Å². The summed E-state index contributed by atoms with van der Waals surface area (Å²) in [4.78, 5) is -0.0615. The summed E-state index contributed by atoms with van der Waals surface area (Å²) < 4.78 is 27.3. The summed E-state index contributed by atoms with van der Waals surface area (Å²) in [5.41, 5.74) is 1.08. The van der Waals surface area contributed by atoms with Crippen LogP contribution in [0.1, 0.15) is 72.7 Å². The Hall–Kier alpha value is -0.800. The van der Waals surface area contributed by atoms with Gasteiger partial charge in [-0.25, -0.2) is 0 Å². The van der Waals surface area contributed by atoms with Gasteiger partial charge in [0.2, 0.25) is 0 Å². The SMILES string of the molecule is CC1=C2[C@H]3OC(C)(C)O[C@@H]3[C@]3(C)CC[C@H](Br)[C@H](O)[C@H]3[C@@H]3O[C@H](c4ccccc4)O[C@@]3(C[C@@H]1O)C2(C)C. The van der Waals surface area contributed by atoms with E-state index in [0.29, 0.717) is 6.42 Å². The van der Waals surface area contributed by atoms with Gasteiger partial charge < -0.3 is 29.2 Å². The van der Waals surface area contributed by atoms with Crippen LogP contribution < -0.4 is 0 Å². The summed E-state index contributed by atoms with van der Waals surface area (Å²) in [6, 6.07) is 9.98. The molecule has 4 fully saturated rings. The first-order valence-electron chi connectivity index (χ1n) is 13.3. The molecule has 1 aromatic rings. The van der Waals surface area contributed by atoms with E-state index in [0.717, 1.165) is 29.6 Å². The van der Waals surface area contributed by atoms with Crippen LogP contribution in [0.25, 0.3) is 0 Å². The second-order valence-corrected chi connectivity index (χ2v) is 14.0. The first-order chi connectivity index (χ1) is 16.8. The molecule has 0 radical (unpaired) electrons. The Bertz CT molecular complexity index is 1070. The van der Waals surface area contributed by atoms with Gasteiger partial charge in [0.25, 0.3) is 0 Å². The van der Waals surface area contributed by atoms with Crippen LogP contribution in [-0.2, 0) is 18.9 Å². The Balaban J connectivity index is 1.61. The molecular formula is C29H39BrO6. The van der Waals surface area contributed by atoms with E-state index in [1.54, 1.807) is 0 Å². The molecule has 2 saturated heterocycles. The maximum atomic E-state index is 11.8. The summed E-state index contributed by atoms with van der Waals surface area (Å²) in [5.74, 6) is -1.08. The van der Waals surface area contributed by atoms with Crippen LogP contribution in [0.2, 0.25) is 0 Å². The zero-order valence-corrected chi connectivity index (χ0v) is 23.6. The predicted octanol–water partition coefficient (Wildman–Crippen LogP) is 5.02. The van der Waals surface area contributed by atoms with Crippen molar-refractivity contribution in [3.05, 3.63) is 47.0 Å². The Morgan fingerprint density at radius 2 is 1.64 bits per heavy atom. The molecule has 3 aliphatic carbocycles. The number of fused-ring (bicyclic) bond motifs is 6. The van der Waals surface area contributed by atoms with Crippen LogP contribution in [0.3, 0.4) is 0 Å². The van der Waals surface area contributed by atoms with Gasteiger partial charge in [0.15, 0.2) is 12.1 Å². The topological polar surface area (TPSA) is 77.4 Å². The highest BCUT2D eigenvalue weighted by atomic mass is 79.9. The van der Waals surface area contributed by atoms with Gasteiger partial charge in [-0.2, -0.15) is 0 Å². The molecular weight excluding hydrogens is 524 g/mol. The fourth-order valence-corrected chi connectivity index (χ4v) is 8.77. The van der Waals surface area contributed by atoms with E-state index in [-0.39, 0.29) is 23.0 Å². The average Bonchev–Trinajstić information content (AvgIpc) is 3.34. The molecule has 10 atom stereocenters. The molecule has 6 nitrogen and oxygen atoms in total. The summed E-state index contributed by atoms with van der Waals surface area (Å²) in [6.45, 7) is 12.5. The number of benzene rings is 1. The third-order valence-corrected chi connectivity index (χ3v) is 11.1. The number of alkyl halides is 1. The lowest BCUT2D eigenvalue weighted by Crippen LogP contribution is -2.70. The monoisotopic (exact) mass is 562 g/mol. The Labute approximate surface area is 222 Å². The Kier molecular flexibility index (Phi) is 5.74. The van der Waals surface area contributed by atoms with E-state index in [2.05, 4.69) is 36.7 Å². The van der Waals surface area contributed by atoms with E-state index in [9.17, 15) is 10.2 Å². The first kappa shape index (κ1) is 25.5. The van der Waals surface area contributed by atoms with Gasteiger partial charge in [-0.1, -0.05) is 67.0 Å². The number of aliphatic hydroxyl groups is 2. The maximum absolute atomic E-state index is 11.8. The van der Waals surface area contributed by atoms with Crippen LogP contribution in [0, 0.1) is 16.7 Å². The molecule has 198 valence electrons. The smallest absolute Gasteiger partial charge is 0.185 e. The van der Waals surface area contributed by atoms with Gasteiger partial charge in [-0.15, -0.1) is 0 Å². The van der Waals surface area contributed by atoms with Crippen molar-refractivity contribution >= 4 is 15.9 Å². The molecule has 2 bridgehead atoms. The van der Waals surface area contributed by atoms with Crippen molar-refractivity contribution in [3.63, 3.8) is 0 Å². The highest BCUT2D eigenvalue weighted by Crippen LogP contribution is 2.67. The number of ether oxygens (including phenoxy) is 4. The van der Waals surface area contributed by atoms with Gasteiger partial charge in [0, 0.05) is 33.6 Å². The number of halogens is 1. The lowest BCUT2D eigenvalue weighted by atomic mass is 9.48. The first-order valence-corrected chi connectivity index (χ1v) is 14.2. The highest BCUT2D eigenvalue weighted by Gasteiger charge is 2.73. The van der Waals surface area contributed by atoms with Gasteiger partial charge >= 0.3 is 0 Å². The van der Waals surface area contributed by atoms with Gasteiger partial charge in [0.05, 0.1) is 24.4 Å². The quantitative estimate of drug-likeness (QED) is 0.369. The maximum Gasteiger partial charge on any atom is 0.185 e. The van der Waals surface area contributed by atoms with Crippen LogP contribution in [0.4, 0.5) is 0 Å². The molecule has 1 aromatic carbocycles. The molecule has 1 spiro atoms. The van der Waals surface area contributed by atoms with E-state index < -0.39 is 46.8 Å². The zero-order chi connectivity index (χ0) is 25.8. The molecule has 5 aliphatic rings. The van der Waals surface area contributed by atoms with Crippen molar-refractivity contribution in [2.24, 2.45) is 16.7 Å². The molecule has 2 N–H and O–H groups in total. The third-order valence-electron chi connectivity index (χ3n) is 10.1. The largest absolute Gasteiger partial charge is 0.392 e. The van der Waals surface area contributed by atoms with Crippen molar-refractivity contribution in [1.29, 1.82) is 0 Å². The average molecular weight is 564 g/mol. The highest BCUT2D eigenvalue weighted by molar-refractivity contribution is 9.09. The normalized spacial score (nSPS) is 49.0. The number of hydrogen-bond donors (Lipinski definition) is 2. The standard InChI is InChI=1S/C29H39BrO6/c1-15-18(31)14-29-23(33-25(36-29)16-10-8-7-9-11-16)20-21(32)17(30)12-13-28(20,6)24-22(19(15)26(29,2)3)34-27(4,5)35-24/h7-11,17-18,20-25,31-32H,12-14H2,1-6H3/t17-,18-,20-,21-,22+,23-,24-,25-,28+,29+/m0/s1. The third kappa shape index (κ3) is 3.30. The summed E-state index contributed by atoms with van der Waals surface area (Å²) in [7, 11) is 0. The Morgan fingerprint density at radius 3 is 2.33 bits per heavy atom. The lowest BCUT2D eigenvalue weighted by Gasteiger charge is -2.61. The predicted molar refractivity (Wildman–Crippen MR) is 138 cm³/mol. The molecule has 2 aliphatic heterocycles. The van der Waals surface area contributed by atoms with E-state index >= 15 is 0 Å². The van der Waals surface area contributed by atoms with Crippen molar-refractivity contribution in [2.75, 3.05) is 0 Å². The Morgan fingerprint density at radius 1 is 0.944 bits per heavy atom. The summed E-state index contributed by atoms with van der Waals surface area (Å²) >= 11 is 3.78. The zero-order valence-electron chi connectivity index (χ0n) is 22.0. The minimum Gasteiger partial charge on any atom is -0.392 e. The molecule has 7 heteroatoms. The lowest BCUT2D eigenvalue weighted by molar-refractivity contribution is -0.200. The fraction of sp³-hybridized carbons (Fsp3) is 0.724. The molecule has 0 aromatic heterocycles. The molecule has 2 heterocycles. The number of rotatable bonds is 1. The van der Waals surface area contributed by atoms with E-state index in [4.69, 9.17) is 18.9 Å². The van der Waals surface area contributed by atoms with Gasteiger partial charge in [-0.3, -0.25) is 0 Å². The van der Waals surface area contributed by atoms with E-state index in [1.807, 2.05) is 51.1 Å². The molecule has 0 amide bonds. The van der Waals surface area contributed by atoms with Gasteiger partial charge in [0.1, 0.15) is 11.7 Å². The van der Waals surface area contributed by atoms with Crippen molar-refractivity contribution in [3.8, 4) is 0 Å². The van der Waals surface area contributed by atoms with E-state index in [1.165, 1.54) is 0 Å². The van der Waals surface area contributed by atoms with Gasteiger partial charge in [-0.05, 0) is 44.8 Å². The van der Waals surface area contributed by atoms with Crippen molar-refractivity contribution in [2.45, 2.75) is 114 Å². The van der Waals surface area contributed by atoms with Crippen LogP contribution >= 0.6 is 15.9 Å². The van der Waals surface area contributed by atoms with Crippen LogP contribution in [0.5, 0.6) is 0 Å². The molecule has 2 saturated carbocycles. The molecule has 0 unspecified atom stereocenters. The number of hydrogen-bond acceptors (Lipinski definition) is 6. The summed E-state index contributed by atoms with van der Waals surface area (Å²) in [5, 5.41) is 23.3. The second-order valence-electron chi connectivity index (χ2n) is 12.8. The number of aliphatic hydroxyl groups excluding tert-OH is 2. The fourth-order valence-electron chi connectivity index (χ4n) is 8.22. The van der Waals surface area contributed by atoms with Crippen molar-refractivity contribution in [1.82, 2.24) is 0 Å². The molecule has 6 rings (SSSR count). The van der Waals surface area contributed by atoms with Crippen LogP contribution in [-0.4, -0.2) is 56.9 Å².